The Morgan fingerprint density at radius 3 is 2.26 bits per heavy atom. The van der Waals surface area contributed by atoms with Crippen molar-refractivity contribution in [1.82, 2.24) is 9.78 Å². The fourth-order valence-electron chi connectivity index (χ4n) is 4.07. The molecule has 31 heavy (non-hydrogen) atoms. The second-order valence-electron chi connectivity index (χ2n) is 8.02. The maximum atomic E-state index is 12.0. The molecule has 0 unspecified atom stereocenters. The highest BCUT2D eigenvalue weighted by atomic mass is 16.6. The van der Waals surface area contributed by atoms with Crippen LogP contribution in [-0.4, -0.2) is 28.6 Å². The highest BCUT2D eigenvalue weighted by Crippen LogP contribution is 2.41. The molecule has 0 bridgehead atoms. The third-order valence-electron chi connectivity index (χ3n) is 5.79. The molecule has 1 saturated carbocycles. The molecule has 2 aromatic carbocycles. The van der Waals surface area contributed by atoms with Crippen molar-refractivity contribution < 1.29 is 19.1 Å². The zero-order chi connectivity index (χ0) is 22.0. The van der Waals surface area contributed by atoms with Crippen LogP contribution in [0.2, 0.25) is 0 Å². The number of aromatic nitrogens is 2. The molecule has 0 N–H and O–H groups in total. The van der Waals surface area contributed by atoms with Gasteiger partial charge in [0.05, 0.1) is 18.5 Å². The fourth-order valence-corrected chi connectivity index (χ4v) is 4.07. The van der Waals surface area contributed by atoms with Gasteiger partial charge in [0.15, 0.2) is 5.60 Å². The van der Waals surface area contributed by atoms with E-state index in [0.29, 0.717) is 31.4 Å². The van der Waals surface area contributed by atoms with E-state index in [0.717, 1.165) is 22.7 Å². The van der Waals surface area contributed by atoms with Crippen LogP contribution >= 0.6 is 0 Å². The van der Waals surface area contributed by atoms with Crippen LogP contribution in [0.1, 0.15) is 43.9 Å². The Balaban J connectivity index is 1.86. The first kappa shape index (κ1) is 20.8. The first-order valence-corrected chi connectivity index (χ1v) is 10.4. The zero-order valence-corrected chi connectivity index (χ0v) is 18.1. The summed E-state index contributed by atoms with van der Waals surface area (Å²) in [7, 11) is 1.63. The summed E-state index contributed by atoms with van der Waals surface area (Å²) >= 11 is 0. The number of Topliss-reactive ketones (excluding diaryl/α,β-unsaturated/α-hetero) is 1. The number of ether oxygens (including phenoxy) is 2. The summed E-state index contributed by atoms with van der Waals surface area (Å²) in [5.74, 6) is 0.580. The number of ketones is 1. The van der Waals surface area contributed by atoms with E-state index in [2.05, 4.69) is 24.3 Å². The molecule has 1 aliphatic carbocycles. The molecule has 0 atom stereocenters. The Bertz CT molecular complexity index is 1090. The molecule has 160 valence electrons. The van der Waals surface area contributed by atoms with Crippen molar-refractivity contribution in [3.63, 3.8) is 0 Å². The van der Waals surface area contributed by atoms with Crippen LogP contribution in [-0.2, 0) is 19.9 Å². The monoisotopic (exact) mass is 418 g/mol. The maximum Gasteiger partial charge on any atom is 0.303 e. The van der Waals surface area contributed by atoms with Gasteiger partial charge in [-0.2, -0.15) is 5.10 Å². The predicted molar refractivity (Wildman–Crippen MR) is 117 cm³/mol. The van der Waals surface area contributed by atoms with E-state index in [9.17, 15) is 9.59 Å². The Hall–Kier alpha value is -3.41. The van der Waals surface area contributed by atoms with Gasteiger partial charge in [0, 0.05) is 25.3 Å². The topological polar surface area (TPSA) is 70.4 Å². The molecule has 3 aromatic rings. The van der Waals surface area contributed by atoms with Gasteiger partial charge in [-0.3, -0.25) is 9.59 Å². The molecule has 0 saturated heterocycles. The second-order valence-corrected chi connectivity index (χ2v) is 8.02. The third kappa shape index (κ3) is 4.24. The van der Waals surface area contributed by atoms with Crippen molar-refractivity contribution in [2.24, 2.45) is 0 Å². The number of methoxy groups -OCH3 is 1. The van der Waals surface area contributed by atoms with Gasteiger partial charge in [-0.1, -0.05) is 29.8 Å². The molecule has 1 fully saturated rings. The number of esters is 1. The quantitative estimate of drug-likeness (QED) is 0.559. The average molecular weight is 418 g/mol. The first-order chi connectivity index (χ1) is 14.9. The SMILES string of the molecule is COc1ccc(-n2nc(C3(OC(C)=O)CCC(=O)CC3)cc2-c2ccc(C)cc2)cc1. The molecule has 6 heteroatoms. The molecule has 0 amide bonds. The van der Waals surface area contributed by atoms with Crippen molar-refractivity contribution in [2.45, 2.75) is 45.1 Å². The summed E-state index contributed by atoms with van der Waals surface area (Å²) in [4.78, 5) is 23.9. The molecular formula is C25H26N2O4. The van der Waals surface area contributed by atoms with Crippen LogP contribution < -0.4 is 4.74 Å². The third-order valence-corrected chi connectivity index (χ3v) is 5.79. The summed E-state index contributed by atoms with van der Waals surface area (Å²) in [6, 6.07) is 17.9. The standard InChI is InChI=1S/C25H26N2O4/c1-17-4-6-19(7-5-17)23-16-24(25(31-18(2)28)14-12-21(29)13-15-25)26-27(23)20-8-10-22(30-3)11-9-20/h4-11,16H,12-15H2,1-3H3. The average Bonchev–Trinajstić information content (AvgIpc) is 3.22. The summed E-state index contributed by atoms with van der Waals surface area (Å²) in [6.45, 7) is 3.45. The van der Waals surface area contributed by atoms with Crippen LogP contribution in [0, 0.1) is 6.92 Å². The number of carbonyl (C=O) groups is 2. The summed E-state index contributed by atoms with van der Waals surface area (Å²) < 4.78 is 13.0. The minimum atomic E-state index is -0.892. The van der Waals surface area contributed by atoms with Gasteiger partial charge in [-0.25, -0.2) is 4.68 Å². The van der Waals surface area contributed by atoms with E-state index >= 15 is 0 Å². The van der Waals surface area contributed by atoms with Crippen molar-refractivity contribution in [1.29, 1.82) is 0 Å². The Labute approximate surface area is 181 Å². The first-order valence-electron chi connectivity index (χ1n) is 10.4. The lowest BCUT2D eigenvalue weighted by molar-refractivity contribution is -0.164. The van der Waals surface area contributed by atoms with Crippen LogP contribution in [0.3, 0.4) is 0 Å². The van der Waals surface area contributed by atoms with Gasteiger partial charge >= 0.3 is 5.97 Å². The molecular weight excluding hydrogens is 392 g/mol. The summed E-state index contributed by atoms with van der Waals surface area (Å²) in [5.41, 5.74) is 3.71. The van der Waals surface area contributed by atoms with Gasteiger partial charge in [0.1, 0.15) is 17.2 Å². The van der Waals surface area contributed by atoms with E-state index in [4.69, 9.17) is 14.6 Å². The highest BCUT2D eigenvalue weighted by Gasteiger charge is 2.42. The second kappa shape index (κ2) is 8.38. The van der Waals surface area contributed by atoms with Crippen LogP contribution in [0.4, 0.5) is 0 Å². The van der Waals surface area contributed by atoms with E-state index < -0.39 is 5.60 Å². The van der Waals surface area contributed by atoms with Gasteiger partial charge in [-0.05, 0) is 50.1 Å². The lowest BCUT2D eigenvalue weighted by Crippen LogP contribution is -2.37. The van der Waals surface area contributed by atoms with Crippen LogP contribution in [0.25, 0.3) is 16.9 Å². The molecule has 1 aromatic heterocycles. The van der Waals surface area contributed by atoms with Gasteiger partial charge < -0.3 is 9.47 Å². The molecule has 6 nitrogen and oxygen atoms in total. The largest absolute Gasteiger partial charge is 0.497 e. The maximum absolute atomic E-state index is 12.0. The van der Waals surface area contributed by atoms with Gasteiger partial charge in [-0.15, -0.1) is 0 Å². The van der Waals surface area contributed by atoms with Crippen molar-refractivity contribution >= 4 is 11.8 Å². The Morgan fingerprint density at radius 2 is 1.68 bits per heavy atom. The number of aryl methyl sites for hydroxylation is 1. The van der Waals surface area contributed by atoms with E-state index in [-0.39, 0.29) is 11.8 Å². The Morgan fingerprint density at radius 1 is 1.03 bits per heavy atom. The van der Waals surface area contributed by atoms with Crippen molar-refractivity contribution in [2.75, 3.05) is 7.11 Å². The number of nitrogens with zero attached hydrogens (tertiary/aromatic N) is 2. The smallest absolute Gasteiger partial charge is 0.303 e. The lowest BCUT2D eigenvalue weighted by atomic mass is 9.81. The van der Waals surface area contributed by atoms with E-state index in [1.807, 2.05) is 41.9 Å². The van der Waals surface area contributed by atoms with Gasteiger partial charge in [0.2, 0.25) is 0 Å². The normalized spacial score (nSPS) is 15.5. The lowest BCUT2D eigenvalue weighted by Gasteiger charge is -2.34. The highest BCUT2D eigenvalue weighted by molar-refractivity contribution is 5.80. The predicted octanol–water partition coefficient (Wildman–Crippen LogP) is 4.76. The van der Waals surface area contributed by atoms with Crippen molar-refractivity contribution in [3.05, 3.63) is 65.9 Å². The van der Waals surface area contributed by atoms with Gasteiger partial charge in [0.25, 0.3) is 0 Å². The molecule has 0 aliphatic heterocycles. The molecule has 4 rings (SSSR count). The minimum Gasteiger partial charge on any atom is -0.497 e. The Kier molecular flexibility index (Phi) is 5.63. The van der Waals surface area contributed by atoms with Crippen LogP contribution in [0.15, 0.2) is 54.6 Å². The van der Waals surface area contributed by atoms with E-state index in [1.54, 1.807) is 7.11 Å². The number of hydrogen-bond donors (Lipinski definition) is 0. The number of hydrogen-bond acceptors (Lipinski definition) is 5. The fraction of sp³-hybridized carbons (Fsp3) is 0.320. The summed E-state index contributed by atoms with van der Waals surface area (Å²) in [5, 5.41) is 4.90. The van der Waals surface area contributed by atoms with E-state index in [1.165, 1.54) is 12.5 Å². The molecule has 0 spiro atoms. The van der Waals surface area contributed by atoms with Crippen LogP contribution in [0.5, 0.6) is 5.75 Å². The van der Waals surface area contributed by atoms with Crippen molar-refractivity contribution in [3.8, 4) is 22.7 Å². The number of rotatable bonds is 5. The molecule has 0 radical (unpaired) electrons. The number of benzene rings is 2. The minimum absolute atomic E-state index is 0.191. The number of carbonyl (C=O) groups excluding carboxylic acids is 2. The summed E-state index contributed by atoms with van der Waals surface area (Å²) in [6.07, 6.45) is 1.64. The molecule has 1 aliphatic rings. The molecule has 1 heterocycles. The zero-order valence-electron chi connectivity index (χ0n) is 18.1.